The Balaban J connectivity index is 3.97. The summed E-state index contributed by atoms with van der Waals surface area (Å²) in [5, 5.41) is -1.31. The van der Waals surface area contributed by atoms with Crippen LogP contribution in [0.5, 0.6) is 0 Å². The van der Waals surface area contributed by atoms with Gasteiger partial charge in [-0.3, -0.25) is 9.13 Å². The van der Waals surface area contributed by atoms with Crippen LogP contribution in [0.4, 0.5) is 0 Å². The Kier molecular flexibility index (Phi) is 8.89. The van der Waals surface area contributed by atoms with Crippen molar-refractivity contribution < 1.29 is 27.2 Å². The van der Waals surface area contributed by atoms with Gasteiger partial charge in [-0.2, -0.15) is 0 Å². The first-order valence-corrected chi connectivity index (χ1v) is 12.7. The highest BCUT2D eigenvalue weighted by atomic mass is 79.9. The van der Waals surface area contributed by atoms with Gasteiger partial charge in [0.1, 0.15) is 0 Å². The van der Waals surface area contributed by atoms with Gasteiger partial charge in [-0.25, -0.2) is 0 Å². The van der Waals surface area contributed by atoms with Crippen LogP contribution in [0.25, 0.3) is 0 Å². The lowest BCUT2D eigenvalue weighted by molar-refractivity contribution is 0.247. The van der Waals surface area contributed by atoms with E-state index in [0.717, 1.165) is 5.56 Å². The molecule has 0 bridgehead atoms. The fourth-order valence-electron chi connectivity index (χ4n) is 2.02. The quantitative estimate of drug-likeness (QED) is 0.237. The van der Waals surface area contributed by atoms with Crippen molar-refractivity contribution in [3.8, 4) is 0 Å². The minimum absolute atomic E-state index is 0.374. The molecule has 0 atom stereocenters. The topological polar surface area (TPSA) is 71.1 Å². The SMILES string of the molecule is COP(=O)(OC)C(c1c(Br)c(Br)c(C)c(Br)c1Br)P(=O)(OC)OC. The van der Waals surface area contributed by atoms with Crippen molar-refractivity contribution in [3.05, 3.63) is 29.0 Å². The summed E-state index contributed by atoms with van der Waals surface area (Å²) in [4.78, 5) is 0. The lowest BCUT2D eigenvalue weighted by Crippen LogP contribution is -2.10. The molecule has 0 saturated heterocycles. The third kappa shape index (κ3) is 4.13. The second-order valence-corrected chi connectivity index (χ2v) is 12.7. The minimum Gasteiger partial charge on any atom is -0.311 e. The molecular formula is C12H16Br4O6P2. The van der Waals surface area contributed by atoms with E-state index < -0.39 is 20.6 Å². The maximum Gasteiger partial charge on any atom is 0.349 e. The molecular weight excluding hydrogens is 622 g/mol. The molecule has 0 unspecified atom stereocenters. The summed E-state index contributed by atoms with van der Waals surface area (Å²) in [6.45, 7) is 1.88. The Bertz CT molecular complexity index is 655. The molecule has 0 amide bonds. The van der Waals surface area contributed by atoms with E-state index in [1.165, 1.54) is 28.4 Å². The summed E-state index contributed by atoms with van der Waals surface area (Å²) in [6.07, 6.45) is 0. The number of hydrogen-bond acceptors (Lipinski definition) is 6. The van der Waals surface area contributed by atoms with Crippen molar-refractivity contribution in [1.29, 1.82) is 0 Å². The van der Waals surface area contributed by atoms with Crippen LogP contribution in [0.2, 0.25) is 0 Å². The summed E-state index contributed by atoms with van der Waals surface area (Å²) in [6, 6.07) is 0. The van der Waals surface area contributed by atoms with Gasteiger partial charge in [0, 0.05) is 51.9 Å². The number of hydrogen-bond donors (Lipinski definition) is 0. The van der Waals surface area contributed by atoms with Crippen molar-refractivity contribution >= 4 is 78.9 Å². The van der Waals surface area contributed by atoms with Crippen LogP contribution in [0.1, 0.15) is 16.5 Å². The maximum absolute atomic E-state index is 13.2. The second-order valence-electron chi connectivity index (χ2n) is 4.48. The normalized spacial score (nSPS) is 12.9. The molecule has 0 aliphatic heterocycles. The smallest absolute Gasteiger partial charge is 0.311 e. The van der Waals surface area contributed by atoms with E-state index in [4.69, 9.17) is 18.1 Å². The first-order valence-electron chi connectivity index (χ1n) is 6.29. The van der Waals surface area contributed by atoms with Gasteiger partial charge in [-0.15, -0.1) is 0 Å². The molecule has 0 heterocycles. The van der Waals surface area contributed by atoms with Gasteiger partial charge >= 0.3 is 15.2 Å². The largest absolute Gasteiger partial charge is 0.349 e. The van der Waals surface area contributed by atoms with Gasteiger partial charge < -0.3 is 18.1 Å². The molecule has 0 spiro atoms. The highest BCUT2D eigenvalue weighted by molar-refractivity contribution is 9.14. The molecule has 1 aromatic carbocycles. The monoisotopic (exact) mass is 634 g/mol. The van der Waals surface area contributed by atoms with Gasteiger partial charge in [0.15, 0.2) is 5.40 Å². The third-order valence-electron chi connectivity index (χ3n) is 3.39. The van der Waals surface area contributed by atoms with Crippen molar-refractivity contribution in [2.24, 2.45) is 0 Å². The standard InChI is InChI=1S/C12H16Br4O6P2/c1-6-8(13)10(15)7(11(16)9(6)14)12(23(17,19-2)20-3)24(18,21-4)22-5/h12H,1-5H3. The molecule has 0 saturated carbocycles. The maximum atomic E-state index is 13.2. The molecule has 6 nitrogen and oxygen atoms in total. The van der Waals surface area contributed by atoms with Crippen LogP contribution >= 0.6 is 78.9 Å². The Morgan fingerprint density at radius 1 is 0.708 bits per heavy atom. The van der Waals surface area contributed by atoms with Crippen LogP contribution in [0.15, 0.2) is 17.9 Å². The van der Waals surface area contributed by atoms with E-state index in [2.05, 4.69) is 63.7 Å². The van der Waals surface area contributed by atoms with E-state index >= 15 is 0 Å². The molecule has 0 aliphatic carbocycles. The van der Waals surface area contributed by atoms with Gasteiger partial charge in [0.2, 0.25) is 0 Å². The number of rotatable bonds is 7. The Morgan fingerprint density at radius 3 is 1.25 bits per heavy atom. The highest BCUT2D eigenvalue weighted by Gasteiger charge is 2.52. The van der Waals surface area contributed by atoms with Crippen molar-refractivity contribution in [2.45, 2.75) is 12.3 Å². The second kappa shape index (κ2) is 9.09. The molecule has 0 aliphatic rings. The van der Waals surface area contributed by atoms with Crippen LogP contribution in [0.3, 0.4) is 0 Å². The lowest BCUT2D eigenvalue weighted by atomic mass is 10.2. The highest BCUT2D eigenvalue weighted by Crippen LogP contribution is 2.79. The zero-order valence-electron chi connectivity index (χ0n) is 13.4. The fraction of sp³-hybridized carbons (Fsp3) is 0.500. The van der Waals surface area contributed by atoms with Crippen LogP contribution in [-0.2, 0) is 27.2 Å². The van der Waals surface area contributed by atoms with Gasteiger partial charge in [0.25, 0.3) is 0 Å². The Hall–Kier alpha value is 1.44. The molecule has 1 rings (SSSR count). The molecule has 24 heavy (non-hydrogen) atoms. The Morgan fingerprint density at radius 2 is 1.00 bits per heavy atom. The summed E-state index contributed by atoms with van der Waals surface area (Å²) in [5.74, 6) is 0. The summed E-state index contributed by atoms with van der Waals surface area (Å²) in [7, 11) is -2.92. The zero-order chi connectivity index (χ0) is 18.9. The van der Waals surface area contributed by atoms with Gasteiger partial charge in [0.05, 0.1) is 0 Å². The first kappa shape index (κ1) is 23.5. The van der Waals surface area contributed by atoms with Crippen LogP contribution in [0, 0.1) is 6.92 Å². The predicted molar refractivity (Wildman–Crippen MR) is 108 cm³/mol. The average Bonchev–Trinajstić information content (AvgIpc) is 2.60. The summed E-state index contributed by atoms with van der Waals surface area (Å²) in [5.41, 5.74) is 1.25. The van der Waals surface area contributed by atoms with Gasteiger partial charge in [-0.1, -0.05) is 0 Å². The molecule has 1 aromatic rings. The molecule has 138 valence electrons. The van der Waals surface area contributed by atoms with E-state index in [0.29, 0.717) is 23.5 Å². The van der Waals surface area contributed by atoms with E-state index in [1.54, 1.807) is 0 Å². The summed E-state index contributed by atoms with van der Waals surface area (Å²) >= 11 is 13.8. The van der Waals surface area contributed by atoms with Crippen molar-refractivity contribution in [2.75, 3.05) is 28.4 Å². The van der Waals surface area contributed by atoms with Crippen molar-refractivity contribution in [3.63, 3.8) is 0 Å². The fourth-order valence-corrected chi connectivity index (χ4v) is 10.3. The van der Waals surface area contributed by atoms with E-state index in [9.17, 15) is 9.13 Å². The molecule has 0 N–H and O–H groups in total. The zero-order valence-corrected chi connectivity index (χ0v) is 21.6. The average molecular weight is 638 g/mol. The van der Waals surface area contributed by atoms with Crippen molar-refractivity contribution in [1.82, 2.24) is 0 Å². The predicted octanol–water partition coefficient (Wildman–Crippen LogP) is 7.02. The summed E-state index contributed by atoms with van der Waals surface area (Å²) < 4.78 is 49.2. The lowest BCUT2D eigenvalue weighted by Gasteiger charge is -2.31. The minimum atomic E-state index is -3.89. The molecule has 0 radical (unpaired) electrons. The van der Waals surface area contributed by atoms with E-state index in [1.807, 2.05) is 6.92 Å². The number of halogens is 4. The van der Waals surface area contributed by atoms with Crippen LogP contribution in [-0.4, -0.2) is 28.4 Å². The molecule has 0 fully saturated rings. The third-order valence-corrected chi connectivity index (χ3v) is 13.5. The van der Waals surface area contributed by atoms with Gasteiger partial charge in [-0.05, 0) is 76.2 Å². The number of benzene rings is 1. The molecule has 0 aromatic heterocycles. The first-order chi connectivity index (χ1) is 11.0. The molecule has 12 heteroatoms. The van der Waals surface area contributed by atoms with E-state index in [-0.39, 0.29) is 0 Å². The Labute approximate surface area is 174 Å². The van der Waals surface area contributed by atoms with Crippen LogP contribution < -0.4 is 0 Å².